The van der Waals surface area contributed by atoms with Gasteiger partial charge in [0.25, 0.3) is 0 Å². The van der Waals surface area contributed by atoms with Gasteiger partial charge in [-0.25, -0.2) is 0 Å². The second-order valence-electron chi connectivity index (χ2n) is 3.65. The monoisotopic (exact) mass is 174 g/mol. The Bertz CT molecular complexity index is 144. The molecule has 2 unspecified atom stereocenters. The van der Waals surface area contributed by atoms with Crippen LogP contribution in [0, 0.1) is 11.8 Å². The van der Waals surface area contributed by atoms with Crippen molar-refractivity contribution in [1.29, 1.82) is 0 Å². The van der Waals surface area contributed by atoms with Crippen molar-refractivity contribution in [2.24, 2.45) is 11.8 Å². The minimum Gasteiger partial charge on any atom is -0.388 e. The van der Waals surface area contributed by atoms with Crippen molar-refractivity contribution in [2.45, 2.75) is 39.3 Å². The van der Waals surface area contributed by atoms with E-state index in [0.29, 0.717) is 5.92 Å². The van der Waals surface area contributed by atoms with E-state index in [1.165, 1.54) is 0 Å². The van der Waals surface area contributed by atoms with Crippen LogP contribution in [0.4, 0.5) is 0 Å². The molecule has 1 rings (SSSR count). The molecule has 5 atom stereocenters. The Hall–Kier alpha value is -0.120. The highest BCUT2D eigenvalue weighted by Crippen LogP contribution is 2.30. The highest BCUT2D eigenvalue weighted by molar-refractivity contribution is 4.82. The molecule has 0 aromatic carbocycles. The largest absolute Gasteiger partial charge is 0.388 e. The first-order chi connectivity index (χ1) is 5.57. The van der Waals surface area contributed by atoms with Crippen molar-refractivity contribution in [2.75, 3.05) is 7.11 Å². The number of hydrogen-bond acceptors (Lipinski definition) is 3. The summed E-state index contributed by atoms with van der Waals surface area (Å²) in [5, 5.41) is 9.68. The van der Waals surface area contributed by atoms with Gasteiger partial charge in [-0.1, -0.05) is 13.8 Å². The molecule has 0 spiro atoms. The van der Waals surface area contributed by atoms with Gasteiger partial charge in [-0.3, -0.25) is 0 Å². The number of ether oxygens (including phenoxy) is 2. The maximum absolute atomic E-state index is 9.68. The molecule has 1 N–H and O–H groups in total. The van der Waals surface area contributed by atoms with Gasteiger partial charge < -0.3 is 14.6 Å². The molecule has 1 aliphatic heterocycles. The van der Waals surface area contributed by atoms with E-state index in [0.717, 1.165) is 0 Å². The quantitative estimate of drug-likeness (QED) is 0.644. The van der Waals surface area contributed by atoms with Crippen molar-refractivity contribution < 1.29 is 14.6 Å². The Morgan fingerprint density at radius 2 is 1.75 bits per heavy atom. The lowest BCUT2D eigenvalue weighted by Gasteiger charge is -2.40. The van der Waals surface area contributed by atoms with Crippen molar-refractivity contribution >= 4 is 0 Å². The molecular formula is C9H18O3. The van der Waals surface area contributed by atoms with E-state index in [9.17, 15) is 5.11 Å². The van der Waals surface area contributed by atoms with Crippen LogP contribution in [0.25, 0.3) is 0 Å². The first kappa shape index (κ1) is 9.96. The first-order valence-corrected chi connectivity index (χ1v) is 4.44. The van der Waals surface area contributed by atoms with Gasteiger partial charge in [-0.15, -0.1) is 0 Å². The van der Waals surface area contributed by atoms with E-state index in [2.05, 4.69) is 6.92 Å². The molecule has 72 valence electrons. The van der Waals surface area contributed by atoms with E-state index < -0.39 is 12.4 Å². The molecule has 3 heteroatoms. The third-order valence-corrected chi connectivity index (χ3v) is 2.97. The molecule has 12 heavy (non-hydrogen) atoms. The van der Waals surface area contributed by atoms with Gasteiger partial charge in [0.15, 0.2) is 6.29 Å². The molecule has 0 aromatic rings. The predicted molar refractivity (Wildman–Crippen MR) is 45.7 cm³/mol. The highest BCUT2D eigenvalue weighted by Gasteiger charge is 2.38. The number of aliphatic hydroxyl groups excluding tert-OH is 1. The number of aliphatic hydroxyl groups is 1. The standard InChI is InChI=1S/C9H18O3/c1-5-6(2)8(10)9(11-4)12-7(5)3/h5-10H,1-4H3/t5-,6?,7?,8-,9+/m0/s1. The SMILES string of the molecule is CO[C@@H]1OC(C)[C@@H](C)C(C)[C@@H]1O. The van der Waals surface area contributed by atoms with Crippen LogP contribution in [0.15, 0.2) is 0 Å². The van der Waals surface area contributed by atoms with Crippen LogP contribution < -0.4 is 0 Å². The Morgan fingerprint density at radius 1 is 1.17 bits per heavy atom. The molecule has 0 bridgehead atoms. The summed E-state index contributed by atoms with van der Waals surface area (Å²) in [4.78, 5) is 0. The molecule has 0 aromatic heterocycles. The normalized spacial score (nSPS) is 49.2. The number of methoxy groups -OCH3 is 1. The molecule has 0 radical (unpaired) electrons. The van der Waals surface area contributed by atoms with E-state index in [4.69, 9.17) is 9.47 Å². The fraction of sp³-hybridized carbons (Fsp3) is 1.00. The molecule has 3 nitrogen and oxygen atoms in total. The Kier molecular flexibility index (Phi) is 3.09. The lowest BCUT2D eigenvalue weighted by atomic mass is 9.84. The zero-order chi connectivity index (χ0) is 9.30. The second kappa shape index (κ2) is 3.73. The Morgan fingerprint density at radius 3 is 2.25 bits per heavy atom. The lowest BCUT2D eigenvalue weighted by molar-refractivity contribution is -0.256. The molecule has 1 heterocycles. The summed E-state index contributed by atoms with van der Waals surface area (Å²) >= 11 is 0. The fourth-order valence-corrected chi connectivity index (χ4v) is 1.60. The minimum absolute atomic E-state index is 0.161. The predicted octanol–water partition coefficient (Wildman–Crippen LogP) is 1.01. The Balaban J connectivity index is 2.63. The average molecular weight is 174 g/mol. The number of rotatable bonds is 1. The minimum atomic E-state index is -0.499. The van der Waals surface area contributed by atoms with Crippen LogP contribution in [0.1, 0.15) is 20.8 Å². The summed E-state index contributed by atoms with van der Waals surface area (Å²) in [6.07, 6.45) is -0.791. The third-order valence-electron chi connectivity index (χ3n) is 2.97. The molecule has 1 aliphatic rings. The van der Waals surface area contributed by atoms with E-state index >= 15 is 0 Å². The van der Waals surface area contributed by atoms with Gasteiger partial charge in [0.2, 0.25) is 0 Å². The zero-order valence-corrected chi connectivity index (χ0v) is 8.15. The summed E-state index contributed by atoms with van der Waals surface area (Å²) in [7, 11) is 1.56. The Labute approximate surface area is 73.7 Å². The van der Waals surface area contributed by atoms with E-state index in [1.54, 1.807) is 7.11 Å². The van der Waals surface area contributed by atoms with Gasteiger partial charge in [0, 0.05) is 7.11 Å². The summed E-state index contributed by atoms with van der Waals surface area (Å²) < 4.78 is 10.5. The van der Waals surface area contributed by atoms with Gasteiger partial charge in [-0.2, -0.15) is 0 Å². The van der Waals surface area contributed by atoms with Crippen LogP contribution in [0.2, 0.25) is 0 Å². The fourth-order valence-electron chi connectivity index (χ4n) is 1.60. The van der Waals surface area contributed by atoms with Crippen LogP contribution in [0.5, 0.6) is 0 Å². The molecule has 1 fully saturated rings. The van der Waals surface area contributed by atoms with Crippen molar-refractivity contribution in [3.05, 3.63) is 0 Å². The van der Waals surface area contributed by atoms with Gasteiger partial charge in [-0.05, 0) is 18.8 Å². The van der Waals surface area contributed by atoms with Crippen LogP contribution in [-0.4, -0.2) is 30.7 Å². The third kappa shape index (κ3) is 1.63. The molecule has 0 aliphatic carbocycles. The maximum Gasteiger partial charge on any atom is 0.183 e. The lowest BCUT2D eigenvalue weighted by Crippen LogP contribution is -2.48. The molecular weight excluding hydrogens is 156 g/mol. The van der Waals surface area contributed by atoms with E-state index in [1.807, 2.05) is 13.8 Å². The first-order valence-electron chi connectivity index (χ1n) is 4.44. The van der Waals surface area contributed by atoms with Crippen molar-refractivity contribution in [3.8, 4) is 0 Å². The summed E-state index contributed by atoms with van der Waals surface area (Å²) in [6.45, 7) is 6.13. The topological polar surface area (TPSA) is 38.7 Å². The molecule has 0 saturated carbocycles. The van der Waals surface area contributed by atoms with Crippen molar-refractivity contribution in [3.63, 3.8) is 0 Å². The smallest absolute Gasteiger partial charge is 0.183 e. The molecule has 0 amide bonds. The van der Waals surface area contributed by atoms with Crippen LogP contribution in [-0.2, 0) is 9.47 Å². The highest BCUT2D eigenvalue weighted by atomic mass is 16.7. The average Bonchev–Trinajstić information content (AvgIpc) is 2.08. The maximum atomic E-state index is 9.68. The van der Waals surface area contributed by atoms with Crippen LogP contribution in [0.3, 0.4) is 0 Å². The summed E-state index contributed by atoms with van der Waals surface area (Å²) in [5.41, 5.74) is 0. The number of hydrogen-bond donors (Lipinski definition) is 1. The van der Waals surface area contributed by atoms with Crippen LogP contribution >= 0.6 is 0 Å². The van der Waals surface area contributed by atoms with E-state index in [-0.39, 0.29) is 12.0 Å². The summed E-state index contributed by atoms with van der Waals surface area (Å²) in [5.74, 6) is 0.616. The second-order valence-corrected chi connectivity index (χ2v) is 3.65. The van der Waals surface area contributed by atoms with Gasteiger partial charge >= 0.3 is 0 Å². The van der Waals surface area contributed by atoms with Gasteiger partial charge in [0.1, 0.15) is 6.10 Å². The van der Waals surface area contributed by atoms with Crippen molar-refractivity contribution in [1.82, 2.24) is 0 Å². The zero-order valence-electron chi connectivity index (χ0n) is 8.15. The summed E-state index contributed by atoms with van der Waals surface area (Å²) in [6, 6.07) is 0. The molecule has 1 saturated heterocycles. The van der Waals surface area contributed by atoms with Gasteiger partial charge in [0.05, 0.1) is 6.10 Å².